The summed E-state index contributed by atoms with van der Waals surface area (Å²) in [7, 11) is 0. The Bertz CT molecular complexity index is 643. The number of hydrogen-bond donors (Lipinski definition) is 1. The molecule has 0 radical (unpaired) electrons. The first-order chi connectivity index (χ1) is 9.95. The fourth-order valence-corrected chi connectivity index (χ4v) is 2.81. The molecule has 0 fully saturated rings. The quantitative estimate of drug-likeness (QED) is 0.592. The number of nitrogens with one attached hydrogen (secondary N) is 1. The van der Waals surface area contributed by atoms with E-state index in [4.69, 9.17) is 4.42 Å². The van der Waals surface area contributed by atoms with E-state index in [9.17, 15) is 4.79 Å². The standard InChI is InChI=1S/C14H16IN3O2S/c1-8(2)13-17-18-14(20-13)21-7-12(19)16-11-5-4-10(15)6-9(11)3/h4-6,8H,7H2,1-3H3,(H,16,19). The molecule has 1 N–H and O–H groups in total. The summed E-state index contributed by atoms with van der Waals surface area (Å²) in [6, 6.07) is 5.89. The topological polar surface area (TPSA) is 68.0 Å². The first kappa shape index (κ1) is 16.3. The maximum atomic E-state index is 11.9. The van der Waals surface area contributed by atoms with Crippen molar-refractivity contribution in [1.29, 1.82) is 0 Å². The maximum Gasteiger partial charge on any atom is 0.277 e. The molecule has 21 heavy (non-hydrogen) atoms. The number of carbonyl (C=O) groups is 1. The van der Waals surface area contributed by atoms with Crippen LogP contribution in [0.15, 0.2) is 27.8 Å². The van der Waals surface area contributed by atoms with Crippen LogP contribution in [0.4, 0.5) is 5.69 Å². The van der Waals surface area contributed by atoms with Crippen LogP contribution in [-0.2, 0) is 4.79 Å². The van der Waals surface area contributed by atoms with Crippen molar-refractivity contribution in [3.05, 3.63) is 33.2 Å². The smallest absolute Gasteiger partial charge is 0.277 e. The van der Waals surface area contributed by atoms with Crippen molar-refractivity contribution in [3.8, 4) is 0 Å². The van der Waals surface area contributed by atoms with Gasteiger partial charge in [0.2, 0.25) is 11.8 Å². The molecule has 0 aliphatic rings. The molecule has 0 bridgehead atoms. The van der Waals surface area contributed by atoms with Crippen molar-refractivity contribution in [1.82, 2.24) is 10.2 Å². The van der Waals surface area contributed by atoms with E-state index < -0.39 is 0 Å². The molecule has 7 heteroatoms. The number of nitrogens with zero attached hydrogens (tertiary/aromatic N) is 2. The number of aromatic nitrogens is 2. The third-order valence-electron chi connectivity index (χ3n) is 2.71. The van der Waals surface area contributed by atoms with E-state index in [1.165, 1.54) is 11.8 Å². The second-order valence-electron chi connectivity index (χ2n) is 4.86. The van der Waals surface area contributed by atoms with Gasteiger partial charge in [-0.3, -0.25) is 4.79 Å². The lowest BCUT2D eigenvalue weighted by atomic mass is 10.2. The van der Waals surface area contributed by atoms with E-state index in [-0.39, 0.29) is 17.6 Å². The Kier molecular flexibility index (Phi) is 5.63. The zero-order chi connectivity index (χ0) is 15.4. The van der Waals surface area contributed by atoms with Gasteiger partial charge in [0.25, 0.3) is 5.22 Å². The molecule has 1 aromatic heterocycles. The minimum atomic E-state index is -0.0893. The number of aryl methyl sites for hydroxylation is 1. The van der Waals surface area contributed by atoms with Gasteiger partial charge in [0.05, 0.1) is 5.75 Å². The van der Waals surface area contributed by atoms with Gasteiger partial charge in [0, 0.05) is 15.2 Å². The van der Waals surface area contributed by atoms with E-state index in [0.29, 0.717) is 11.1 Å². The van der Waals surface area contributed by atoms with E-state index in [1.54, 1.807) is 0 Å². The molecular formula is C14H16IN3O2S. The van der Waals surface area contributed by atoms with Gasteiger partial charge in [-0.05, 0) is 53.3 Å². The minimum absolute atomic E-state index is 0.0893. The Morgan fingerprint density at radius 1 is 1.43 bits per heavy atom. The molecule has 0 aliphatic carbocycles. The Morgan fingerprint density at radius 2 is 2.19 bits per heavy atom. The molecule has 1 aromatic carbocycles. The van der Waals surface area contributed by atoms with Gasteiger partial charge >= 0.3 is 0 Å². The van der Waals surface area contributed by atoms with Gasteiger partial charge in [-0.25, -0.2) is 0 Å². The number of rotatable bonds is 5. The molecule has 0 aliphatic heterocycles. The SMILES string of the molecule is Cc1cc(I)ccc1NC(=O)CSc1nnc(C(C)C)o1. The number of amides is 1. The van der Waals surface area contributed by atoms with Crippen LogP contribution in [0.25, 0.3) is 0 Å². The number of benzene rings is 1. The molecule has 1 amide bonds. The van der Waals surface area contributed by atoms with Crippen LogP contribution in [0.2, 0.25) is 0 Å². The predicted octanol–water partition coefficient (Wildman–Crippen LogP) is 3.84. The highest BCUT2D eigenvalue weighted by molar-refractivity contribution is 14.1. The molecule has 0 saturated carbocycles. The summed E-state index contributed by atoms with van der Waals surface area (Å²) < 4.78 is 6.59. The number of halogens is 1. The van der Waals surface area contributed by atoms with Gasteiger partial charge in [-0.2, -0.15) is 0 Å². The Labute approximate surface area is 141 Å². The first-order valence-electron chi connectivity index (χ1n) is 6.48. The zero-order valence-corrected chi connectivity index (χ0v) is 15.0. The normalized spacial score (nSPS) is 10.9. The third-order valence-corrected chi connectivity index (χ3v) is 4.19. The van der Waals surface area contributed by atoms with Crippen molar-refractivity contribution in [2.45, 2.75) is 31.9 Å². The summed E-state index contributed by atoms with van der Waals surface area (Å²) in [6.07, 6.45) is 0. The predicted molar refractivity (Wildman–Crippen MR) is 91.6 cm³/mol. The Morgan fingerprint density at radius 3 is 2.81 bits per heavy atom. The lowest BCUT2D eigenvalue weighted by molar-refractivity contribution is -0.113. The summed E-state index contributed by atoms with van der Waals surface area (Å²) in [5.74, 6) is 0.931. The number of thioether (sulfide) groups is 1. The summed E-state index contributed by atoms with van der Waals surface area (Å²) >= 11 is 3.48. The average Bonchev–Trinajstić information content (AvgIpc) is 2.89. The molecule has 0 unspecified atom stereocenters. The van der Waals surface area contributed by atoms with Gasteiger partial charge in [-0.15, -0.1) is 10.2 Å². The fraction of sp³-hybridized carbons (Fsp3) is 0.357. The Hall–Kier alpha value is -1.09. The highest BCUT2D eigenvalue weighted by atomic mass is 127. The summed E-state index contributed by atoms with van der Waals surface area (Å²) in [5.41, 5.74) is 1.87. The molecule has 0 saturated heterocycles. The van der Waals surface area contributed by atoms with Crippen LogP contribution in [0.1, 0.15) is 31.2 Å². The maximum absolute atomic E-state index is 11.9. The van der Waals surface area contributed by atoms with Gasteiger partial charge in [0.1, 0.15) is 0 Å². The van der Waals surface area contributed by atoms with Crippen molar-refractivity contribution in [2.24, 2.45) is 0 Å². The molecule has 1 heterocycles. The average molecular weight is 417 g/mol. The molecule has 112 valence electrons. The van der Waals surface area contributed by atoms with Gasteiger partial charge in [-0.1, -0.05) is 25.6 Å². The third kappa shape index (κ3) is 4.70. The minimum Gasteiger partial charge on any atom is -0.416 e. The molecule has 2 rings (SSSR count). The molecule has 0 spiro atoms. The van der Waals surface area contributed by atoms with E-state index in [2.05, 4.69) is 38.1 Å². The molecule has 5 nitrogen and oxygen atoms in total. The number of hydrogen-bond acceptors (Lipinski definition) is 5. The van der Waals surface area contributed by atoms with E-state index in [1.807, 2.05) is 39.0 Å². The molecular weight excluding hydrogens is 401 g/mol. The monoisotopic (exact) mass is 417 g/mol. The second kappa shape index (κ2) is 7.26. The van der Waals surface area contributed by atoms with Crippen LogP contribution in [0.5, 0.6) is 0 Å². The highest BCUT2D eigenvalue weighted by Gasteiger charge is 2.12. The van der Waals surface area contributed by atoms with E-state index >= 15 is 0 Å². The fourth-order valence-electron chi connectivity index (χ4n) is 1.59. The lowest BCUT2D eigenvalue weighted by Crippen LogP contribution is -2.14. The first-order valence-corrected chi connectivity index (χ1v) is 8.54. The van der Waals surface area contributed by atoms with Gasteiger partial charge in [0.15, 0.2) is 0 Å². The van der Waals surface area contributed by atoms with E-state index in [0.717, 1.165) is 14.8 Å². The number of anilines is 1. The molecule has 2 aromatic rings. The summed E-state index contributed by atoms with van der Waals surface area (Å²) in [5, 5.41) is 11.2. The summed E-state index contributed by atoms with van der Waals surface area (Å²) in [6.45, 7) is 5.93. The van der Waals surface area contributed by atoms with Crippen molar-refractivity contribution in [3.63, 3.8) is 0 Å². The van der Waals surface area contributed by atoms with Crippen LogP contribution >= 0.6 is 34.4 Å². The highest BCUT2D eigenvalue weighted by Crippen LogP contribution is 2.21. The van der Waals surface area contributed by atoms with Crippen LogP contribution in [-0.4, -0.2) is 21.9 Å². The van der Waals surface area contributed by atoms with Crippen LogP contribution in [0, 0.1) is 10.5 Å². The number of carbonyl (C=O) groups excluding carboxylic acids is 1. The van der Waals surface area contributed by atoms with Crippen molar-refractivity contribution >= 4 is 45.9 Å². The second-order valence-corrected chi connectivity index (χ2v) is 7.03. The lowest BCUT2D eigenvalue weighted by Gasteiger charge is -2.07. The molecule has 0 atom stereocenters. The van der Waals surface area contributed by atoms with Crippen LogP contribution < -0.4 is 5.32 Å². The van der Waals surface area contributed by atoms with Crippen molar-refractivity contribution < 1.29 is 9.21 Å². The zero-order valence-electron chi connectivity index (χ0n) is 12.0. The van der Waals surface area contributed by atoms with Gasteiger partial charge < -0.3 is 9.73 Å². The summed E-state index contributed by atoms with van der Waals surface area (Å²) in [4.78, 5) is 11.9. The largest absolute Gasteiger partial charge is 0.416 e. The van der Waals surface area contributed by atoms with Crippen LogP contribution in [0.3, 0.4) is 0 Å². The van der Waals surface area contributed by atoms with Crippen molar-refractivity contribution in [2.75, 3.05) is 11.1 Å². The Balaban J connectivity index is 1.89.